The molecule has 0 bridgehead atoms. The predicted molar refractivity (Wildman–Crippen MR) is 122 cm³/mol. The first kappa shape index (κ1) is 22.9. The summed E-state index contributed by atoms with van der Waals surface area (Å²) in [6.07, 6.45) is 6.92. The molecule has 0 saturated heterocycles. The van der Waals surface area contributed by atoms with E-state index in [9.17, 15) is 19.3 Å². The van der Waals surface area contributed by atoms with Crippen LogP contribution in [0, 0.1) is 15.9 Å². The van der Waals surface area contributed by atoms with Crippen molar-refractivity contribution in [1.29, 1.82) is 0 Å². The van der Waals surface area contributed by atoms with E-state index in [0.717, 1.165) is 24.1 Å². The zero-order valence-corrected chi connectivity index (χ0v) is 18.0. The molecule has 7 heteroatoms. The summed E-state index contributed by atoms with van der Waals surface area (Å²) in [5.74, 6) is -0.400. The molecule has 1 aromatic heterocycles. The van der Waals surface area contributed by atoms with E-state index in [1.165, 1.54) is 30.3 Å². The first-order valence-electron chi connectivity index (χ1n) is 10.6. The van der Waals surface area contributed by atoms with E-state index in [0.29, 0.717) is 25.2 Å². The highest BCUT2D eigenvalue weighted by Crippen LogP contribution is 2.15. The van der Waals surface area contributed by atoms with E-state index in [1.807, 2.05) is 29.0 Å². The third-order valence-electron chi connectivity index (χ3n) is 5.13. The molecule has 0 atom stereocenters. The number of nitrogens with zero attached hydrogens (tertiary/aromatic N) is 3. The van der Waals surface area contributed by atoms with Gasteiger partial charge in [0.25, 0.3) is 5.69 Å². The Morgan fingerprint density at radius 2 is 1.94 bits per heavy atom. The lowest BCUT2D eigenvalue weighted by molar-refractivity contribution is -0.384. The van der Waals surface area contributed by atoms with Crippen molar-refractivity contribution in [3.05, 3.63) is 106 Å². The highest BCUT2D eigenvalue weighted by atomic mass is 19.1. The van der Waals surface area contributed by atoms with Gasteiger partial charge in [0.05, 0.1) is 11.5 Å². The van der Waals surface area contributed by atoms with Crippen LogP contribution in [-0.4, -0.2) is 26.8 Å². The summed E-state index contributed by atoms with van der Waals surface area (Å²) >= 11 is 0. The van der Waals surface area contributed by atoms with Crippen molar-refractivity contribution in [3.63, 3.8) is 0 Å². The maximum atomic E-state index is 13.5. The molecule has 0 aliphatic carbocycles. The van der Waals surface area contributed by atoms with E-state index in [1.54, 1.807) is 29.2 Å². The summed E-state index contributed by atoms with van der Waals surface area (Å²) in [5, 5.41) is 10.8. The highest BCUT2D eigenvalue weighted by Gasteiger charge is 2.14. The van der Waals surface area contributed by atoms with Crippen LogP contribution in [0.4, 0.5) is 10.1 Å². The van der Waals surface area contributed by atoms with Crippen LogP contribution >= 0.6 is 0 Å². The minimum Gasteiger partial charge on any atom is -0.345 e. The third kappa shape index (κ3) is 6.38. The van der Waals surface area contributed by atoms with Gasteiger partial charge in [-0.15, -0.1) is 0 Å². The first-order chi connectivity index (χ1) is 15.5. The van der Waals surface area contributed by atoms with E-state index >= 15 is 0 Å². The number of benzene rings is 2. The fraction of sp³-hybridized carbons (Fsp3) is 0.240. The molecule has 3 rings (SSSR count). The average molecular weight is 435 g/mol. The third-order valence-corrected chi connectivity index (χ3v) is 5.13. The van der Waals surface area contributed by atoms with Crippen molar-refractivity contribution < 1.29 is 14.1 Å². The van der Waals surface area contributed by atoms with Gasteiger partial charge in [0, 0.05) is 43.2 Å². The van der Waals surface area contributed by atoms with Crippen molar-refractivity contribution in [2.75, 3.05) is 6.54 Å². The Hall–Kier alpha value is -3.74. The lowest BCUT2D eigenvalue weighted by Crippen LogP contribution is -2.31. The van der Waals surface area contributed by atoms with Crippen LogP contribution in [0.2, 0.25) is 0 Å². The first-order valence-corrected chi connectivity index (χ1v) is 10.6. The predicted octanol–water partition coefficient (Wildman–Crippen LogP) is 5.43. The summed E-state index contributed by atoms with van der Waals surface area (Å²) in [5.41, 5.74) is 2.54. The largest absolute Gasteiger partial charge is 0.345 e. The van der Waals surface area contributed by atoms with Gasteiger partial charge in [0.1, 0.15) is 5.82 Å². The number of amides is 1. The van der Waals surface area contributed by atoms with Gasteiger partial charge in [-0.3, -0.25) is 14.9 Å². The van der Waals surface area contributed by atoms with Crippen molar-refractivity contribution >= 4 is 17.7 Å². The van der Waals surface area contributed by atoms with Gasteiger partial charge < -0.3 is 9.47 Å². The molecular formula is C25H26FN3O3. The summed E-state index contributed by atoms with van der Waals surface area (Å²) in [7, 11) is 0. The van der Waals surface area contributed by atoms with Crippen LogP contribution in [0.1, 0.15) is 36.6 Å². The molecule has 0 saturated carbocycles. The van der Waals surface area contributed by atoms with Crippen LogP contribution in [0.3, 0.4) is 0 Å². The van der Waals surface area contributed by atoms with E-state index < -0.39 is 4.92 Å². The van der Waals surface area contributed by atoms with E-state index in [-0.39, 0.29) is 17.4 Å². The van der Waals surface area contributed by atoms with Gasteiger partial charge in [0.15, 0.2) is 0 Å². The highest BCUT2D eigenvalue weighted by molar-refractivity contribution is 5.91. The molecule has 0 radical (unpaired) electrons. The van der Waals surface area contributed by atoms with E-state index in [4.69, 9.17) is 0 Å². The molecular weight excluding hydrogens is 409 g/mol. The Morgan fingerprint density at radius 1 is 1.16 bits per heavy atom. The maximum absolute atomic E-state index is 13.5. The number of rotatable bonds is 10. The Labute approximate surface area is 186 Å². The number of carbonyl (C=O) groups is 1. The number of hydrogen-bond acceptors (Lipinski definition) is 3. The number of hydrogen-bond donors (Lipinski definition) is 0. The van der Waals surface area contributed by atoms with Crippen LogP contribution in [-0.2, 0) is 17.9 Å². The van der Waals surface area contributed by atoms with Gasteiger partial charge in [-0.25, -0.2) is 4.39 Å². The summed E-state index contributed by atoms with van der Waals surface area (Å²) in [4.78, 5) is 25.0. The van der Waals surface area contributed by atoms with E-state index in [2.05, 4.69) is 6.92 Å². The lowest BCUT2D eigenvalue weighted by Gasteiger charge is -2.22. The average Bonchev–Trinajstić information content (AvgIpc) is 3.21. The molecule has 0 N–H and O–H groups in total. The number of halogens is 1. The fourth-order valence-electron chi connectivity index (χ4n) is 3.37. The monoisotopic (exact) mass is 435 g/mol. The second kappa shape index (κ2) is 11.0. The number of nitro benzene ring substituents is 1. The number of aromatic nitrogens is 1. The quantitative estimate of drug-likeness (QED) is 0.242. The Morgan fingerprint density at radius 3 is 2.62 bits per heavy atom. The molecule has 1 amide bonds. The maximum Gasteiger partial charge on any atom is 0.269 e. The zero-order chi connectivity index (χ0) is 22.9. The molecule has 0 unspecified atom stereocenters. The second-order valence-electron chi connectivity index (χ2n) is 7.55. The molecule has 2 aromatic carbocycles. The lowest BCUT2D eigenvalue weighted by atomic mass is 10.2. The number of carbonyl (C=O) groups excluding carboxylic acids is 1. The molecule has 166 valence electrons. The van der Waals surface area contributed by atoms with Gasteiger partial charge >= 0.3 is 0 Å². The van der Waals surface area contributed by atoms with Crippen molar-refractivity contribution in [3.8, 4) is 0 Å². The fourth-order valence-corrected chi connectivity index (χ4v) is 3.37. The van der Waals surface area contributed by atoms with Crippen molar-refractivity contribution in [1.82, 2.24) is 9.47 Å². The Balaban J connectivity index is 1.72. The van der Waals surface area contributed by atoms with Crippen molar-refractivity contribution in [2.45, 2.75) is 32.9 Å². The molecule has 0 fully saturated rings. The van der Waals surface area contributed by atoms with Gasteiger partial charge in [-0.1, -0.05) is 25.5 Å². The summed E-state index contributed by atoms with van der Waals surface area (Å²) in [6, 6.07) is 16.4. The Bertz CT molecular complexity index is 1090. The standard InChI is InChI=1S/C25H26FN3O3/c1-2-3-15-28(25(30)14-11-20-9-12-23(13-10-20)29(31)32)19-24-8-5-16-27(24)18-21-6-4-7-22(26)17-21/h4-14,16-17H,2-3,15,18-19H2,1H3. The summed E-state index contributed by atoms with van der Waals surface area (Å²) < 4.78 is 15.5. The minimum atomic E-state index is -0.454. The second-order valence-corrected chi connectivity index (χ2v) is 7.55. The van der Waals surface area contributed by atoms with Gasteiger partial charge in [-0.05, 0) is 60.0 Å². The van der Waals surface area contributed by atoms with Crippen LogP contribution in [0.15, 0.2) is 72.9 Å². The molecule has 32 heavy (non-hydrogen) atoms. The smallest absolute Gasteiger partial charge is 0.269 e. The molecule has 0 aliphatic rings. The van der Waals surface area contributed by atoms with Gasteiger partial charge in [-0.2, -0.15) is 0 Å². The molecule has 1 heterocycles. The number of nitro groups is 1. The summed E-state index contributed by atoms with van der Waals surface area (Å²) in [6.45, 7) is 3.65. The number of unbranched alkanes of at least 4 members (excludes halogenated alkanes) is 1. The topological polar surface area (TPSA) is 68.4 Å². The molecule has 6 nitrogen and oxygen atoms in total. The Kier molecular flexibility index (Phi) is 7.91. The van der Waals surface area contributed by atoms with Crippen LogP contribution < -0.4 is 0 Å². The SMILES string of the molecule is CCCCN(Cc1cccn1Cc1cccc(F)c1)C(=O)C=Cc1ccc([N+](=O)[O-])cc1. The zero-order valence-electron chi connectivity index (χ0n) is 18.0. The van der Waals surface area contributed by atoms with Crippen LogP contribution in [0.25, 0.3) is 6.08 Å². The normalized spacial score (nSPS) is 11.1. The molecule has 3 aromatic rings. The number of non-ortho nitro benzene ring substituents is 1. The van der Waals surface area contributed by atoms with Crippen molar-refractivity contribution in [2.24, 2.45) is 0 Å². The van der Waals surface area contributed by atoms with Gasteiger partial charge in [0.2, 0.25) is 5.91 Å². The molecule has 0 spiro atoms. The minimum absolute atomic E-state index is 0.0112. The molecule has 0 aliphatic heterocycles. The van der Waals surface area contributed by atoms with Crippen LogP contribution in [0.5, 0.6) is 0 Å².